The molecule has 0 radical (unpaired) electrons. The normalized spacial score (nSPS) is 13.0. The first-order chi connectivity index (χ1) is 9.25. The number of carbonyl (C=O) groups is 1. The first-order valence-electron chi connectivity index (χ1n) is 6.45. The molecule has 6 nitrogen and oxygen atoms in total. The standard InChI is InChI=1S/C13H21N3O3S/c1-3-4-5-11(14)13(17)16-10-7-6-9(2)12(8-10)20(15,18)19/h6-8,11H,3-5,14H2,1-2H3,(H,16,17)(H2,15,18,19)/t11-/m0/s1. The number of nitrogens with two attached hydrogens (primary N) is 2. The number of unbranched alkanes of at least 4 members (excludes halogenated alkanes) is 1. The number of anilines is 1. The van der Waals surface area contributed by atoms with Crippen molar-refractivity contribution >= 4 is 21.6 Å². The quantitative estimate of drug-likeness (QED) is 0.729. The SMILES string of the molecule is CCCC[C@H](N)C(=O)Nc1ccc(C)c(S(N)(=O)=O)c1. The highest BCUT2D eigenvalue weighted by Crippen LogP contribution is 2.19. The Kier molecular flexibility index (Phi) is 5.67. The molecule has 0 saturated carbocycles. The van der Waals surface area contributed by atoms with Gasteiger partial charge in [0, 0.05) is 5.69 Å². The molecule has 0 spiro atoms. The topological polar surface area (TPSA) is 115 Å². The van der Waals surface area contributed by atoms with E-state index in [2.05, 4.69) is 5.32 Å². The number of benzene rings is 1. The molecular formula is C13H21N3O3S. The van der Waals surface area contributed by atoms with Gasteiger partial charge in [0.15, 0.2) is 0 Å². The number of aryl methyl sites for hydroxylation is 1. The van der Waals surface area contributed by atoms with E-state index in [0.717, 1.165) is 12.8 Å². The lowest BCUT2D eigenvalue weighted by molar-refractivity contribution is -0.117. The molecule has 0 heterocycles. The Morgan fingerprint density at radius 1 is 1.40 bits per heavy atom. The molecule has 1 aromatic rings. The van der Waals surface area contributed by atoms with E-state index >= 15 is 0 Å². The van der Waals surface area contributed by atoms with E-state index < -0.39 is 16.1 Å². The number of amides is 1. The van der Waals surface area contributed by atoms with Crippen LogP contribution in [0.3, 0.4) is 0 Å². The van der Waals surface area contributed by atoms with Crippen molar-refractivity contribution in [1.29, 1.82) is 0 Å². The van der Waals surface area contributed by atoms with Gasteiger partial charge in [0.25, 0.3) is 0 Å². The van der Waals surface area contributed by atoms with Crippen LogP contribution in [0.25, 0.3) is 0 Å². The van der Waals surface area contributed by atoms with Crippen LogP contribution in [-0.4, -0.2) is 20.4 Å². The summed E-state index contributed by atoms with van der Waals surface area (Å²) in [5.41, 5.74) is 6.65. The Morgan fingerprint density at radius 3 is 2.60 bits per heavy atom. The molecule has 1 atom stereocenters. The summed E-state index contributed by atoms with van der Waals surface area (Å²) in [6.07, 6.45) is 2.42. The van der Waals surface area contributed by atoms with E-state index in [0.29, 0.717) is 17.7 Å². The minimum atomic E-state index is -3.81. The summed E-state index contributed by atoms with van der Waals surface area (Å²) in [6, 6.07) is 3.95. The van der Waals surface area contributed by atoms with Crippen LogP contribution in [0.2, 0.25) is 0 Å². The van der Waals surface area contributed by atoms with E-state index in [1.54, 1.807) is 19.1 Å². The van der Waals surface area contributed by atoms with Gasteiger partial charge in [-0.05, 0) is 31.0 Å². The van der Waals surface area contributed by atoms with E-state index in [-0.39, 0.29) is 10.8 Å². The van der Waals surface area contributed by atoms with Gasteiger partial charge in [0.1, 0.15) is 0 Å². The molecule has 1 aromatic carbocycles. The van der Waals surface area contributed by atoms with Crippen molar-refractivity contribution < 1.29 is 13.2 Å². The van der Waals surface area contributed by atoms with Gasteiger partial charge in [0.2, 0.25) is 15.9 Å². The Bertz CT molecular complexity index is 585. The molecular weight excluding hydrogens is 278 g/mol. The Labute approximate surface area is 119 Å². The fraction of sp³-hybridized carbons (Fsp3) is 0.462. The zero-order valence-electron chi connectivity index (χ0n) is 11.7. The molecule has 0 aromatic heterocycles. The zero-order chi connectivity index (χ0) is 15.3. The van der Waals surface area contributed by atoms with Crippen molar-refractivity contribution in [3.63, 3.8) is 0 Å². The summed E-state index contributed by atoms with van der Waals surface area (Å²) in [6.45, 7) is 3.65. The minimum absolute atomic E-state index is 0.00238. The van der Waals surface area contributed by atoms with Crippen LogP contribution < -0.4 is 16.2 Å². The second-order valence-corrected chi connectivity index (χ2v) is 6.29. The molecule has 0 unspecified atom stereocenters. The maximum absolute atomic E-state index is 11.8. The lowest BCUT2D eigenvalue weighted by atomic mass is 10.1. The van der Waals surface area contributed by atoms with Gasteiger partial charge >= 0.3 is 0 Å². The minimum Gasteiger partial charge on any atom is -0.325 e. The number of sulfonamides is 1. The van der Waals surface area contributed by atoms with Crippen LogP contribution >= 0.6 is 0 Å². The second-order valence-electron chi connectivity index (χ2n) is 4.76. The fourth-order valence-electron chi connectivity index (χ4n) is 1.77. The Balaban J connectivity index is 2.86. The summed E-state index contributed by atoms with van der Waals surface area (Å²) >= 11 is 0. The summed E-state index contributed by atoms with van der Waals surface area (Å²) in [5.74, 6) is -0.331. The van der Waals surface area contributed by atoms with Crippen molar-refractivity contribution in [2.45, 2.75) is 44.0 Å². The van der Waals surface area contributed by atoms with Crippen molar-refractivity contribution in [2.75, 3.05) is 5.32 Å². The molecule has 5 N–H and O–H groups in total. The Hall–Kier alpha value is -1.44. The molecule has 1 rings (SSSR count). The average molecular weight is 299 g/mol. The smallest absolute Gasteiger partial charge is 0.241 e. The highest BCUT2D eigenvalue weighted by molar-refractivity contribution is 7.89. The van der Waals surface area contributed by atoms with Gasteiger partial charge in [-0.3, -0.25) is 4.79 Å². The highest BCUT2D eigenvalue weighted by atomic mass is 32.2. The number of primary sulfonamides is 1. The van der Waals surface area contributed by atoms with E-state index in [4.69, 9.17) is 10.9 Å². The largest absolute Gasteiger partial charge is 0.325 e. The van der Waals surface area contributed by atoms with Crippen molar-refractivity contribution in [1.82, 2.24) is 0 Å². The van der Waals surface area contributed by atoms with Crippen LogP contribution in [0, 0.1) is 6.92 Å². The summed E-state index contributed by atoms with van der Waals surface area (Å²) < 4.78 is 22.8. The van der Waals surface area contributed by atoms with Gasteiger partial charge in [-0.15, -0.1) is 0 Å². The van der Waals surface area contributed by atoms with Crippen molar-refractivity contribution in [3.05, 3.63) is 23.8 Å². The molecule has 0 aliphatic rings. The first-order valence-corrected chi connectivity index (χ1v) is 8.00. The lowest BCUT2D eigenvalue weighted by Gasteiger charge is -2.13. The number of hydrogen-bond acceptors (Lipinski definition) is 4. The van der Waals surface area contributed by atoms with Crippen molar-refractivity contribution in [2.24, 2.45) is 10.9 Å². The predicted molar refractivity (Wildman–Crippen MR) is 78.7 cm³/mol. The van der Waals surface area contributed by atoms with E-state index in [1.165, 1.54) is 6.07 Å². The van der Waals surface area contributed by atoms with Gasteiger partial charge in [0.05, 0.1) is 10.9 Å². The first kappa shape index (κ1) is 16.6. The van der Waals surface area contributed by atoms with Crippen LogP contribution in [0.15, 0.2) is 23.1 Å². The molecule has 0 saturated heterocycles. The molecule has 1 amide bonds. The highest BCUT2D eigenvalue weighted by Gasteiger charge is 2.16. The number of nitrogens with one attached hydrogen (secondary N) is 1. The molecule has 0 fully saturated rings. The van der Waals surface area contributed by atoms with Gasteiger partial charge in [-0.2, -0.15) is 0 Å². The molecule has 0 bridgehead atoms. The number of hydrogen-bond donors (Lipinski definition) is 3. The molecule has 112 valence electrons. The van der Waals surface area contributed by atoms with Crippen LogP contribution in [0.5, 0.6) is 0 Å². The van der Waals surface area contributed by atoms with Crippen LogP contribution in [0.4, 0.5) is 5.69 Å². The van der Waals surface area contributed by atoms with Gasteiger partial charge in [-0.25, -0.2) is 13.6 Å². The van der Waals surface area contributed by atoms with Gasteiger partial charge in [-0.1, -0.05) is 25.8 Å². The third-order valence-corrected chi connectivity index (χ3v) is 4.02. The van der Waals surface area contributed by atoms with E-state index in [9.17, 15) is 13.2 Å². The summed E-state index contributed by atoms with van der Waals surface area (Å²) in [4.78, 5) is 11.8. The monoisotopic (exact) mass is 299 g/mol. The van der Waals surface area contributed by atoms with Crippen molar-refractivity contribution in [3.8, 4) is 0 Å². The van der Waals surface area contributed by atoms with Crippen LogP contribution in [-0.2, 0) is 14.8 Å². The number of carbonyl (C=O) groups excluding carboxylic acids is 1. The van der Waals surface area contributed by atoms with E-state index in [1.807, 2.05) is 6.92 Å². The predicted octanol–water partition coefficient (Wildman–Crippen LogP) is 1.10. The second kappa shape index (κ2) is 6.83. The molecule has 20 heavy (non-hydrogen) atoms. The summed E-state index contributed by atoms with van der Waals surface area (Å²) in [7, 11) is -3.81. The Morgan fingerprint density at radius 2 is 2.05 bits per heavy atom. The zero-order valence-corrected chi connectivity index (χ0v) is 12.5. The van der Waals surface area contributed by atoms with Gasteiger partial charge < -0.3 is 11.1 Å². The maximum atomic E-state index is 11.8. The maximum Gasteiger partial charge on any atom is 0.241 e. The summed E-state index contributed by atoms with van der Waals surface area (Å²) in [5, 5.41) is 7.72. The molecule has 7 heteroatoms. The average Bonchev–Trinajstić information content (AvgIpc) is 2.36. The molecule has 0 aliphatic heterocycles. The molecule has 0 aliphatic carbocycles. The number of rotatable bonds is 6. The fourth-order valence-corrected chi connectivity index (χ4v) is 2.58. The van der Waals surface area contributed by atoms with Crippen LogP contribution in [0.1, 0.15) is 31.7 Å². The lowest BCUT2D eigenvalue weighted by Crippen LogP contribution is -2.35. The third kappa shape index (κ3) is 4.59. The third-order valence-electron chi connectivity index (χ3n) is 2.97.